The quantitative estimate of drug-likeness (QED) is 0.182. The summed E-state index contributed by atoms with van der Waals surface area (Å²) in [4.78, 5) is 11.2. The standard InChI is InChI=1S/C29H35NO5/c1-22(32)35-29-15-12-25(19-26(29)21-31)28(33)20-30-17-16-24-10-13-27(14-11-24)34-18-6-5-9-23-7-3-2-4-8-23/h2-4,7-8,10-15,19,28,30-31,33H,5-6,9,16-18,20-21H2,1H3/t28-/m0/s1. The molecule has 0 saturated heterocycles. The van der Waals surface area contributed by atoms with Crippen molar-refractivity contribution < 1.29 is 24.5 Å². The van der Waals surface area contributed by atoms with Crippen LogP contribution in [0.3, 0.4) is 0 Å². The fourth-order valence-corrected chi connectivity index (χ4v) is 3.79. The number of ether oxygens (including phenoxy) is 2. The lowest BCUT2D eigenvalue weighted by molar-refractivity contribution is -0.131. The van der Waals surface area contributed by atoms with E-state index in [1.807, 2.05) is 18.2 Å². The van der Waals surface area contributed by atoms with Gasteiger partial charge >= 0.3 is 5.97 Å². The van der Waals surface area contributed by atoms with Gasteiger partial charge in [0.25, 0.3) is 0 Å². The Bertz CT molecular complexity index is 1040. The molecule has 6 nitrogen and oxygen atoms in total. The maximum Gasteiger partial charge on any atom is 0.308 e. The summed E-state index contributed by atoms with van der Waals surface area (Å²) in [5.41, 5.74) is 3.68. The van der Waals surface area contributed by atoms with Gasteiger partial charge in [-0.2, -0.15) is 0 Å². The van der Waals surface area contributed by atoms with Crippen molar-refractivity contribution in [1.29, 1.82) is 0 Å². The minimum absolute atomic E-state index is 0.274. The lowest BCUT2D eigenvalue weighted by Crippen LogP contribution is -2.23. The SMILES string of the molecule is CC(=O)Oc1ccc([C@@H](O)CNCCc2ccc(OCCCCc3ccccc3)cc2)cc1CO. The molecule has 6 heteroatoms. The van der Waals surface area contributed by atoms with Crippen molar-refractivity contribution in [3.63, 3.8) is 0 Å². The van der Waals surface area contributed by atoms with Crippen molar-refractivity contribution >= 4 is 5.97 Å². The average Bonchev–Trinajstić information content (AvgIpc) is 2.87. The monoisotopic (exact) mass is 477 g/mol. The molecule has 3 aromatic rings. The molecule has 0 fully saturated rings. The first kappa shape index (κ1) is 26.4. The number of aryl methyl sites for hydroxylation is 1. The van der Waals surface area contributed by atoms with Crippen LogP contribution in [0.2, 0.25) is 0 Å². The van der Waals surface area contributed by atoms with E-state index in [1.54, 1.807) is 18.2 Å². The van der Waals surface area contributed by atoms with Gasteiger partial charge in [-0.15, -0.1) is 0 Å². The van der Waals surface area contributed by atoms with Crippen molar-refractivity contribution in [2.75, 3.05) is 19.7 Å². The molecule has 35 heavy (non-hydrogen) atoms. The Labute approximate surface area is 207 Å². The third-order valence-electron chi connectivity index (χ3n) is 5.72. The molecular weight excluding hydrogens is 442 g/mol. The minimum Gasteiger partial charge on any atom is -0.494 e. The number of esters is 1. The Morgan fingerprint density at radius 3 is 2.40 bits per heavy atom. The van der Waals surface area contributed by atoms with Gasteiger partial charge in [-0.25, -0.2) is 0 Å². The van der Waals surface area contributed by atoms with Crippen molar-refractivity contribution in [1.82, 2.24) is 5.32 Å². The van der Waals surface area contributed by atoms with Gasteiger partial charge in [0.2, 0.25) is 0 Å². The van der Waals surface area contributed by atoms with E-state index in [1.165, 1.54) is 18.1 Å². The zero-order valence-corrected chi connectivity index (χ0v) is 20.3. The number of carbonyl (C=O) groups is 1. The fourth-order valence-electron chi connectivity index (χ4n) is 3.79. The van der Waals surface area contributed by atoms with Crippen LogP contribution in [0, 0.1) is 0 Å². The summed E-state index contributed by atoms with van der Waals surface area (Å²) in [5.74, 6) is 0.741. The Hall–Kier alpha value is -3.19. The third-order valence-corrected chi connectivity index (χ3v) is 5.72. The lowest BCUT2D eigenvalue weighted by atomic mass is 10.0. The van der Waals surface area contributed by atoms with Gasteiger partial charge in [0.15, 0.2) is 0 Å². The highest BCUT2D eigenvalue weighted by atomic mass is 16.5. The van der Waals surface area contributed by atoms with Crippen LogP contribution in [-0.2, 0) is 24.2 Å². The number of rotatable bonds is 14. The van der Waals surface area contributed by atoms with E-state index < -0.39 is 12.1 Å². The van der Waals surface area contributed by atoms with Crippen molar-refractivity contribution in [3.05, 3.63) is 95.1 Å². The summed E-state index contributed by atoms with van der Waals surface area (Å²) >= 11 is 0. The summed E-state index contributed by atoms with van der Waals surface area (Å²) in [6, 6.07) is 23.6. The molecule has 1 atom stereocenters. The Kier molecular flexibility index (Phi) is 10.8. The van der Waals surface area contributed by atoms with Gasteiger partial charge < -0.3 is 25.0 Å². The van der Waals surface area contributed by atoms with Crippen LogP contribution >= 0.6 is 0 Å². The highest BCUT2D eigenvalue weighted by Crippen LogP contribution is 2.24. The van der Waals surface area contributed by atoms with Gasteiger partial charge in [0.05, 0.1) is 19.3 Å². The predicted octanol–water partition coefficient (Wildman–Crippen LogP) is 4.37. The first-order chi connectivity index (χ1) is 17.0. The molecule has 0 amide bonds. The van der Waals surface area contributed by atoms with Crippen molar-refractivity contribution in [2.24, 2.45) is 0 Å². The number of aliphatic hydroxyl groups is 2. The number of nitrogens with one attached hydrogen (secondary N) is 1. The molecule has 0 bridgehead atoms. The Morgan fingerprint density at radius 1 is 0.943 bits per heavy atom. The summed E-state index contributed by atoms with van der Waals surface area (Å²) in [5, 5.41) is 23.2. The van der Waals surface area contributed by atoms with E-state index in [-0.39, 0.29) is 6.61 Å². The molecule has 3 rings (SSSR count). The molecular formula is C29H35NO5. The van der Waals surface area contributed by atoms with E-state index in [9.17, 15) is 15.0 Å². The first-order valence-corrected chi connectivity index (χ1v) is 12.1. The molecule has 3 N–H and O–H groups in total. The fraction of sp³-hybridized carbons (Fsp3) is 0.345. The molecule has 0 spiro atoms. The maximum atomic E-state index is 11.2. The molecule has 0 aliphatic carbocycles. The van der Waals surface area contributed by atoms with Crippen LogP contribution in [0.15, 0.2) is 72.8 Å². The second-order valence-corrected chi connectivity index (χ2v) is 8.52. The van der Waals surface area contributed by atoms with Gasteiger partial charge in [0, 0.05) is 19.0 Å². The van der Waals surface area contributed by atoms with Gasteiger partial charge in [0.1, 0.15) is 11.5 Å². The largest absolute Gasteiger partial charge is 0.494 e. The molecule has 0 aliphatic heterocycles. The molecule has 0 unspecified atom stereocenters. The maximum absolute atomic E-state index is 11.2. The van der Waals surface area contributed by atoms with Crippen LogP contribution in [0.4, 0.5) is 0 Å². The first-order valence-electron chi connectivity index (χ1n) is 12.1. The lowest BCUT2D eigenvalue weighted by Gasteiger charge is -2.15. The molecule has 3 aromatic carbocycles. The highest BCUT2D eigenvalue weighted by Gasteiger charge is 2.12. The summed E-state index contributed by atoms with van der Waals surface area (Å²) in [7, 11) is 0. The van der Waals surface area contributed by atoms with Crippen LogP contribution in [0.5, 0.6) is 11.5 Å². The topological polar surface area (TPSA) is 88.0 Å². The number of hydrogen-bond donors (Lipinski definition) is 3. The molecule has 0 saturated carbocycles. The molecule has 0 heterocycles. The van der Waals surface area contributed by atoms with E-state index in [2.05, 4.69) is 41.7 Å². The summed E-state index contributed by atoms with van der Waals surface area (Å²) in [6.45, 7) is 2.84. The zero-order chi connectivity index (χ0) is 24.9. The zero-order valence-electron chi connectivity index (χ0n) is 20.3. The molecule has 186 valence electrons. The van der Waals surface area contributed by atoms with Crippen LogP contribution in [-0.4, -0.2) is 35.9 Å². The van der Waals surface area contributed by atoms with Crippen LogP contribution < -0.4 is 14.8 Å². The minimum atomic E-state index is -0.732. The summed E-state index contributed by atoms with van der Waals surface area (Å²) < 4.78 is 10.9. The number of carbonyl (C=O) groups excluding carboxylic acids is 1. The normalized spacial score (nSPS) is 11.7. The Morgan fingerprint density at radius 2 is 1.69 bits per heavy atom. The van der Waals surface area contributed by atoms with E-state index in [0.29, 0.717) is 30.0 Å². The number of unbranched alkanes of at least 4 members (excludes halogenated alkanes) is 1. The smallest absolute Gasteiger partial charge is 0.308 e. The molecule has 0 aromatic heterocycles. The van der Waals surface area contributed by atoms with Gasteiger partial charge in [-0.05, 0) is 73.2 Å². The number of aliphatic hydroxyl groups excluding tert-OH is 2. The van der Waals surface area contributed by atoms with E-state index >= 15 is 0 Å². The molecule has 0 radical (unpaired) electrons. The predicted molar refractivity (Wildman–Crippen MR) is 137 cm³/mol. The van der Waals surface area contributed by atoms with Crippen molar-refractivity contribution in [2.45, 2.75) is 45.3 Å². The number of benzene rings is 3. The van der Waals surface area contributed by atoms with E-state index in [0.717, 1.165) is 38.0 Å². The second kappa shape index (κ2) is 14.3. The number of hydrogen-bond acceptors (Lipinski definition) is 6. The van der Waals surface area contributed by atoms with Crippen LogP contribution in [0.1, 0.15) is 48.1 Å². The highest BCUT2D eigenvalue weighted by molar-refractivity contribution is 5.69. The molecule has 0 aliphatic rings. The second-order valence-electron chi connectivity index (χ2n) is 8.52. The Balaban J connectivity index is 1.33. The third kappa shape index (κ3) is 9.17. The van der Waals surface area contributed by atoms with Crippen LogP contribution in [0.25, 0.3) is 0 Å². The van der Waals surface area contributed by atoms with Crippen molar-refractivity contribution in [3.8, 4) is 11.5 Å². The summed E-state index contributed by atoms with van der Waals surface area (Å²) in [6.07, 6.45) is 3.31. The van der Waals surface area contributed by atoms with E-state index in [4.69, 9.17) is 9.47 Å². The van der Waals surface area contributed by atoms with Gasteiger partial charge in [-0.3, -0.25) is 4.79 Å². The average molecular weight is 478 g/mol. The van der Waals surface area contributed by atoms with Gasteiger partial charge in [-0.1, -0.05) is 48.5 Å².